The Labute approximate surface area is 70.5 Å². The Kier molecular flexibility index (Phi) is 2.66. The summed E-state index contributed by atoms with van der Waals surface area (Å²) in [6.07, 6.45) is -3.75. The minimum Gasteiger partial charge on any atom is -0.300 e. The van der Waals surface area contributed by atoms with Gasteiger partial charge in [-0.05, 0) is 26.4 Å². The van der Waals surface area contributed by atoms with Crippen molar-refractivity contribution >= 4 is 0 Å². The second kappa shape index (κ2) is 3.24. The zero-order valence-electron chi connectivity index (χ0n) is 7.36. The fraction of sp³-hybridized carbons (Fsp3) is 1.00. The highest BCUT2D eigenvalue weighted by atomic mass is 19.4. The van der Waals surface area contributed by atoms with Gasteiger partial charge in [0.1, 0.15) is 0 Å². The Bertz CT molecular complexity index is 155. The second-order valence-corrected chi connectivity index (χ2v) is 3.31. The lowest BCUT2D eigenvalue weighted by Gasteiger charge is -2.24. The topological polar surface area (TPSA) is 3.24 Å². The van der Waals surface area contributed by atoms with Crippen molar-refractivity contribution < 1.29 is 13.2 Å². The van der Waals surface area contributed by atoms with E-state index in [1.165, 1.54) is 0 Å². The van der Waals surface area contributed by atoms with Crippen molar-refractivity contribution in [1.82, 2.24) is 4.90 Å². The molecule has 2 atom stereocenters. The third kappa shape index (κ3) is 1.73. The largest absolute Gasteiger partial charge is 0.393 e. The first-order chi connectivity index (χ1) is 5.46. The molecule has 0 radical (unpaired) electrons. The minimum atomic E-state index is -4.01. The molecule has 0 aliphatic carbocycles. The van der Waals surface area contributed by atoms with Gasteiger partial charge < -0.3 is 4.90 Å². The van der Waals surface area contributed by atoms with Gasteiger partial charge in [-0.1, -0.05) is 6.92 Å². The van der Waals surface area contributed by atoms with E-state index in [2.05, 4.69) is 0 Å². The molecule has 1 saturated heterocycles. The van der Waals surface area contributed by atoms with Crippen LogP contribution in [-0.4, -0.2) is 30.2 Å². The predicted molar refractivity (Wildman–Crippen MR) is 40.9 cm³/mol. The summed E-state index contributed by atoms with van der Waals surface area (Å²) in [5.41, 5.74) is 0. The highest BCUT2D eigenvalue weighted by Gasteiger charge is 2.47. The number of likely N-dealkylation sites (tertiary alicyclic amines) is 1. The van der Waals surface area contributed by atoms with Gasteiger partial charge in [0, 0.05) is 6.04 Å². The van der Waals surface area contributed by atoms with E-state index in [-0.39, 0.29) is 12.5 Å². The van der Waals surface area contributed by atoms with Gasteiger partial charge in [-0.25, -0.2) is 0 Å². The van der Waals surface area contributed by atoms with Gasteiger partial charge in [0.05, 0.1) is 5.92 Å². The van der Waals surface area contributed by atoms with Crippen LogP contribution in [0.25, 0.3) is 0 Å². The first kappa shape index (κ1) is 9.84. The quantitative estimate of drug-likeness (QED) is 0.599. The molecule has 1 nitrogen and oxygen atoms in total. The van der Waals surface area contributed by atoms with Crippen molar-refractivity contribution in [3.05, 3.63) is 0 Å². The molecule has 4 heteroatoms. The highest BCUT2D eigenvalue weighted by Crippen LogP contribution is 2.37. The third-order valence-electron chi connectivity index (χ3n) is 2.71. The SMILES string of the molecule is CCN1CCC(C(F)(F)F)C1C. The number of halogens is 3. The van der Waals surface area contributed by atoms with Gasteiger partial charge in [-0.3, -0.25) is 0 Å². The van der Waals surface area contributed by atoms with Crippen LogP contribution >= 0.6 is 0 Å². The lowest BCUT2D eigenvalue weighted by molar-refractivity contribution is -0.178. The van der Waals surface area contributed by atoms with E-state index in [0.29, 0.717) is 13.1 Å². The lowest BCUT2D eigenvalue weighted by Crippen LogP contribution is -2.36. The molecule has 2 unspecified atom stereocenters. The lowest BCUT2D eigenvalue weighted by atomic mass is 10.0. The smallest absolute Gasteiger partial charge is 0.300 e. The second-order valence-electron chi connectivity index (χ2n) is 3.31. The molecule has 12 heavy (non-hydrogen) atoms. The summed E-state index contributed by atoms with van der Waals surface area (Å²) in [6.45, 7) is 4.86. The van der Waals surface area contributed by atoms with Crippen LogP contribution in [0.15, 0.2) is 0 Å². The van der Waals surface area contributed by atoms with E-state index < -0.39 is 12.1 Å². The Morgan fingerprint density at radius 1 is 1.42 bits per heavy atom. The van der Waals surface area contributed by atoms with Crippen molar-refractivity contribution in [1.29, 1.82) is 0 Å². The third-order valence-corrected chi connectivity index (χ3v) is 2.71. The fourth-order valence-corrected chi connectivity index (χ4v) is 1.89. The molecule has 0 spiro atoms. The molecule has 0 N–H and O–H groups in total. The molecular formula is C8H14F3N. The summed E-state index contributed by atoms with van der Waals surface area (Å²) < 4.78 is 36.9. The van der Waals surface area contributed by atoms with Crippen LogP contribution < -0.4 is 0 Å². The van der Waals surface area contributed by atoms with E-state index in [9.17, 15) is 13.2 Å². The minimum absolute atomic E-state index is 0.262. The van der Waals surface area contributed by atoms with Crippen LogP contribution in [0.4, 0.5) is 13.2 Å². The molecular weight excluding hydrogens is 167 g/mol. The van der Waals surface area contributed by atoms with E-state index in [4.69, 9.17) is 0 Å². The average molecular weight is 181 g/mol. The first-order valence-corrected chi connectivity index (χ1v) is 4.27. The van der Waals surface area contributed by atoms with Crippen molar-refractivity contribution in [2.45, 2.75) is 32.5 Å². The zero-order chi connectivity index (χ0) is 9.35. The van der Waals surface area contributed by atoms with Crippen molar-refractivity contribution in [2.75, 3.05) is 13.1 Å². The van der Waals surface area contributed by atoms with Crippen LogP contribution in [0.3, 0.4) is 0 Å². The van der Waals surface area contributed by atoms with Crippen LogP contribution in [0.5, 0.6) is 0 Å². The fourth-order valence-electron chi connectivity index (χ4n) is 1.89. The molecule has 1 heterocycles. The number of rotatable bonds is 1. The molecule has 72 valence electrons. The maximum atomic E-state index is 12.3. The monoisotopic (exact) mass is 181 g/mol. The molecule has 1 fully saturated rings. The van der Waals surface area contributed by atoms with Crippen LogP contribution in [0.1, 0.15) is 20.3 Å². The van der Waals surface area contributed by atoms with E-state index in [0.717, 1.165) is 0 Å². The van der Waals surface area contributed by atoms with Crippen LogP contribution in [0.2, 0.25) is 0 Å². The van der Waals surface area contributed by atoms with E-state index in [1.807, 2.05) is 11.8 Å². The Balaban J connectivity index is 2.61. The number of alkyl halides is 3. The van der Waals surface area contributed by atoms with Gasteiger partial charge in [0.15, 0.2) is 0 Å². The summed E-state index contributed by atoms with van der Waals surface area (Å²) in [7, 11) is 0. The van der Waals surface area contributed by atoms with Gasteiger partial charge in [0.25, 0.3) is 0 Å². The van der Waals surface area contributed by atoms with Gasteiger partial charge >= 0.3 is 6.18 Å². The van der Waals surface area contributed by atoms with Crippen molar-refractivity contribution in [3.8, 4) is 0 Å². The normalized spacial score (nSPS) is 32.8. The molecule has 0 aromatic carbocycles. The molecule has 0 amide bonds. The van der Waals surface area contributed by atoms with Crippen LogP contribution in [-0.2, 0) is 0 Å². The standard InChI is InChI=1S/C8H14F3N/c1-3-12-5-4-7(6(12)2)8(9,10)11/h6-7H,3-5H2,1-2H3. The number of hydrogen-bond donors (Lipinski definition) is 0. The Morgan fingerprint density at radius 2 is 2.00 bits per heavy atom. The van der Waals surface area contributed by atoms with E-state index in [1.54, 1.807) is 6.92 Å². The molecule has 0 aromatic heterocycles. The number of hydrogen-bond acceptors (Lipinski definition) is 1. The molecule has 0 aromatic rings. The number of nitrogens with zero attached hydrogens (tertiary/aromatic N) is 1. The summed E-state index contributed by atoms with van der Waals surface area (Å²) >= 11 is 0. The molecule has 0 saturated carbocycles. The van der Waals surface area contributed by atoms with Crippen molar-refractivity contribution in [3.63, 3.8) is 0 Å². The highest BCUT2D eigenvalue weighted by molar-refractivity contribution is 4.87. The molecule has 0 bridgehead atoms. The van der Waals surface area contributed by atoms with Gasteiger partial charge in [0.2, 0.25) is 0 Å². The summed E-state index contributed by atoms with van der Waals surface area (Å²) in [6, 6.07) is -0.338. The predicted octanol–water partition coefficient (Wildman–Crippen LogP) is 2.28. The maximum absolute atomic E-state index is 12.3. The summed E-state index contributed by atoms with van der Waals surface area (Å²) in [5.74, 6) is -1.11. The van der Waals surface area contributed by atoms with Crippen molar-refractivity contribution in [2.24, 2.45) is 5.92 Å². The average Bonchev–Trinajstić information content (AvgIpc) is 2.29. The van der Waals surface area contributed by atoms with Gasteiger partial charge in [-0.15, -0.1) is 0 Å². The molecule has 1 rings (SSSR count). The summed E-state index contributed by atoms with van der Waals surface area (Å²) in [5, 5.41) is 0. The molecule has 1 aliphatic rings. The first-order valence-electron chi connectivity index (χ1n) is 4.27. The zero-order valence-corrected chi connectivity index (χ0v) is 7.36. The Hall–Kier alpha value is -0.250. The summed E-state index contributed by atoms with van der Waals surface area (Å²) in [4.78, 5) is 1.87. The Morgan fingerprint density at radius 3 is 2.25 bits per heavy atom. The maximum Gasteiger partial charge on any atom is 0.393 e. The van der Waals surface area contributed by atoms with Gasteiger partial charge in [-0.2, -0.15) is 13.2 Å². The van der Waals surface area contributed by atoms with Crippen LogP contribution in [0, 0.1) is 5.92 Å². The van der Waals surface area contributed by atoms with E-state index >= 15 is 0 Å². The molecule has 1 aliphatic heterocycles.